The number of nitro benzene ring substituents is 2. The first-order valence-corrected chi connectivity index (χ1v) is 6.77. The molecule has 8 nitrogen and oxygen atoms in total. The van der Waals surface area contributed by atoms with Crippen LogP contribution < -0.4 is 5.32 Å². The van der Waals surface area contributed by atoms with Crippen LogP contribution in [-0.2, 0) is 4.79 Å². The van der Waals surface area contributed by atoms with Gasteiger partial charge in [0.15, 0.2) is 5.38 Å². The normalized spacial score (nSPS) is 11.5. The van der Waals surface area contributed by atoms with Gasteiger partial charge in [-0.2, -0.15) is 0 Å². The summed E-state index contributed by atoms with van der Waals surface area (Å²) in [6.45, 7) is 0. The molecule has 0 bridgehead atoms. The van der Waals surface area contributed by atoms with Crippen LogP contribution in [0.2, 0.25) is 0 Å². The number of benzene rings is 2. The van der Waals surface area contributed by atoms with Crippen molar-refractivity contribution < 1.29 is 14.6 Å². The van der Waals surface area contributed by atoms with Gasteiger partial charge < -0.3 is 5.32 Å². The maximum Gasteiger partial charge on any atom is 0.281 e. The second kappa shape index (κ2) is 6.84. The van der Waals surface area contributed by atoms with E-state index in [-0.39, 0.29) is 0 Å². The zero-order valence-electron chi connectivity index (χ0n) is 11.5. The molecule has 2 rings (SSSR count). The summed E-state index contributed by atoms with van der Waals surface area (Å²) in [5, 5.41) is 23.0. The predicted molar refractivity (Wildman–Crippen MR) is 83.4 cm³/mol. The Morgan fingerprint density at radius 3 is 1.96 bits per heavy atom. The van der Waals surface area contributed by atoms with Crippen LogP contribution in [0, 0.1) is 20.2 Å². The van der Waals surface area contributed by atoms with Gasteiger partial charge in [0.2, 0.25) is 5.91 Å². The van der Waals surface area contributed by atoms with Gasteiger partial charge in [0.05, 0.1) is 9.85 Å². The standard InChI is InChI=1S/C14H10ClN3O5/c15-13(14(19)16-9-5-2-1-3-6-9)12-10(17(20)21)7-4-8-11(12)18(22)23/h1-8,13H,(H,16,19). The summed E-state index contributed by atoms with van der Waals surface area (Å²) in [4.78, 5) is 32.7. The van der Waals surface area contributed by atoms with Gasteiger partial charge in [0, 0.05) is 17.8 Å². The van der Waals surface area contributed by atoms with Crippen molar-refractivity contribution in [2.24, 2.45) is 0 Å². The molecule has 118 valence electrons. The number of carbonyl (C=O) groups excluding carboxylic acids is 1. The van der Waals surface area contributed by atoms with Crippen LogP contribution in [0.4, 0.5) is 17.1 Å². The first kappa shape index (κ1) is 16.4. The van der Waals surface area contributed by atoms with Crippen molar-refractivity contribution in [3.05, 3.63) is 74.3 Å². The third kappa shape index (κ3) is 3.61. The summed E-state index contributed by atoms with van der Waals surface area (Å²) in [5.41, 5.74) is -1.19. The lowest BCUT2D eigenvalue weighted by Crippen LogP contribution is -2.19. The Morgan fingerprint density at radius 2 is 1.48 bits per heavy atom. The molecule has 0 saturated carbocycles. The number of nitro groups is 2. The summed E-state index contributed by atoms with van der Waals surface area (Å²) >= 11 is 5.98. The monoisotopic (exact) mass is 335 g/mol. The summed E-state index contributed by atoms with van der Waals surface area (Å²) in [7, 11) is 0. The molecular formula is C14H10ClN3O5. The highest BCUT2D eigenvalue weighted by molar-refractivity contribution is 6.33. The van der Waals surface area contributed by atoms with E-state index < -0.39 is 38.1 Å². The van der Waals surface area contributed by atoms with Crippen molar-refractivity contribution in [3.63, 3.8) is 0 Å². The van der Waals surface area contributed by atoms with Gasteiger partial charge in [-0.3, -0.25) is 25.0 Å². The third-order valence-electron chi connectivity index (χ3n) is 2.98. The molecule has 1 N–H and O–H groups in total. The Morgan fingerprint density at radius 1 is 0.957 bits per heavy atom. The lowest BCUT2D eigenvalue weighted by Gasteiger charge is -2.11. The minimum atomic E-state index is -1.59. The molecule has 2 aromatic carbocycles. The number of para-hydroxylation sites is 1. The van der Waals surface area contributed by atoms with Crippen molar-refractivity contribution in [2.45, 2.75) is 5.38 Å². The quantitative estimate of drug-likeness (QED) is 0.510. The molecule has 0 aliphatic heterocycles. The molecule has 2 aromatic rings. The minimum Gasteiger partial charge on any atom is -0.325 e. The highest BCUT2D eigenvalue weighted by Crippen LogP contribution is 2.37. The van der Waals surface area contributed by atoms with Gasteiger partial charge >= 0.3 is 0 Å². The van der Waals surface area contributed by atoms with Crippen LogP contribution in [0.5, 0.6) is 0 Å². The largest absolute Gasteiger partial charge is 0.325 e. The van der Waals surface area contributed by atoms with Gasteiger partial charge in [-0.15, -0.1) is 11.6 Å². The molecule has 0 fully saturated rings. The number of halogens is 1. The predicted octanol–water partition coefficient (Wildman–Crippen LogP) is 3.42. The highest BCUT2D eigenvalue weighted by Gasteiger charge is 2.34. The van der Waals surface area contributed by atoms with E-state index in [4.69, 9.17) is 11.6 Å². The number of rotatable bonds is 5. The minimum absolute atomic E-state index is 0.421. The number of nitrogens with one attached hydrogen (secondary N) is 1. The zero-order valence-corrected chi connectivity index (χ0v) is 12.3. The van der Waals surface area contributed by atoms with Crippen LogP contribution in [0.25, 0.3) is 0 Å². The van der Waals surface area contributed by atoms with Crippen LogP contribution in [-0.4, -0.2) is 15.8 Å². The molecule has 0 aliphatic carbocycles. The van der Waals surface area contributed by atoms with E-state index in [1.807, 2.05) is 0 Å². The Bertz CT molecular complexity index is 734. The number of anilines is 1. The smallest absolute Gasteiger partial charge is 0.281 e. The fraction of sp³-hybridized carbons (Fsp3) is 0.0714. The van der Waals surface area contributed by atoms with Gasteiger partial charge in [-0.1, -0.05) is 18.2 Å². The van der Waals surface area contributed by atoms with Crippen molar-refractivity contribution in [3.8, 4) is 0 Å². The van der Waals surface area contributed by atoms with E-state index in [9.17, 15) is 25.0 Å². The average Bonchev–Trinajstić information content (AvgIpc) is 2.54. The van der Waals surface area contributed by atoms with Gasteiger partial charge in [-0.25, -0.2) is 0 Å². The molecule has 0 saturated heterocycles. The van der Waals surface area contributed by atoms with E-state index in [0.717, 1.165) is 12.1 Å². The average molecular weight is 336 g/mol. The summed E-state index contributed by atoms with van der Waals surface area (Å²) < 4.78 is 0. The Labute approximate surface area is 135 Å². The molecule has 0 aliphatic rings. The topological polar surface area (TPSA) is 115 Å². The Hall–Kier alpha value is -3.00. The number of hydrogen-bond donors (Lipinski definition) is 1. The summed E-state index contributed by atoms with van der Waals surface area (Å²) in [5.74, 6) is -0.796. The van der Waals surface area contributed by atoms with E-state index in [2.05, 4.69) is 5.32 Å². The number of carbonyl (C=O) groups is 1. The van der Waals surface area contributed by atoms with Crippen LogP contribution in [0.1, 0.15) is 10.9 Å². The number of alkyl halides is 1. The van der Waals surface area contributed by atoms with Crippen LogP contribution >= 0.6 is 11.6 Å². The molecule has 1 unspecified atom stereocenters. The molecule has 1 amide bonds. The highest BCUT2D eigenvalue weighted by atomic mass is 35.5. The molecule has 0 aromatic heterocycles. The number of amides is 1. The third-order valence-corrected chi connectivity index (χ3v) is 3.39. The first-order chi connectivity index (χ1) is 10.9. The van der Waals surface area contributed by atoms with Crippen molar-refractivity contribution in [1.82, 2.24) is 0 Å². The molecule has 1 atom stereocenters. The van der Waals surface area contributed by atoms with E-state index in [0.29, 0.717) is 5.69 Å². The molecular weight excluding hydrogens is 326 g/mol. The number of hydrogen-bond acceptors (Lipinski definition) is 5. The van der Waals surface area contributed by atoms with Gasteiger partial charge in [0.1, 0.15) is 5.56 Å². The van der Waals surface area contributed by atoms with Crippen LogP contribution in [0.3, 0.4) is 0 Å². The maximum atomic E-state index is 12.2. The Balaban J connectivity index is 2.41. The van der Waals surface area contributed by atoms with Gasteiger partial charge in [0.25, 0.3) is 11.4 Å². The summed E-state index contributed by atoms with van der Waals surface area (Å²) in [6, 6.07) is 11.6. The van der Waals surface area contributed by atoms with Crippen molar-refractivity contribution in [2.75, 3.05) is 5.32 Å². The second-order valence-corrected chi connectivity index (χ2v) is 4.88. The van der Waals surface area contributed by atoms with Gasteiger partial charge in [-0.05, 0) is 18.2 Å². The molecule has 0 radical (unpaired) electrons. The molecule has 9 heteroatoms. The SMILES string of the molecule is O=C(Nc1ccccc1)C(Cl)c1c([N+](=O)[O-])cccc1[N+](=O)[O-]. The maximum absolute atomic E-state index is 12.2. The fourth-order valence-corrected chi connectivity index (χ4v) is 2.26. The molecule has 23 heavy (non-hydrogen) atoms. The zero-order chi connectivity index (χ0) is 17.0. The van der Waals surface area contributed by atoms with Crippen molar-refractivity contribution in [1.29, 1.82) is 0 Å². The lowest BCUT2D eigenvalue weighted by molar-refractivity contribution is -0.395. The van der Waals surface area contributed by atoms with Crippen molar-refractivity contribution >= 4 is 34.6 Å². The van der Waals surface area contributed by atoms with E-state index in [1.165, 1.54) is 6.07 Å². The van der Waals surface area contributed by atoms with E-state index >= 15 is 0 Å². The first-order valence-electron chi connectivity index (χ1n) is 6.33. The van der Waals surface area contributed by atoms with E-state index in [1.54, 1.807) is 30.3 Å². The molecule has 0 spiro atoms. The molecule has 0 heterocycles. The second-order valence-electron chi connectivity index (χ2n) is 4.44. The fourth-order valence-electron chi connectivity index (χ4n) is 1.98. The lowest BCUT2D eigenvalue weighted by atomic mass is 10.1. The summed E-state index contributed by atoms with van der Waals surface area (Å²) in [6.07, 6.45) is 0. The van der Waals surface area contributed by atoms with Crippen LogP contribution in [0.15, 0.2) is 48.5 Å². The number of nitrogens with zero attached hydrogens (tertiary/aromatic N) is 2. The Kier molecular flexibility index (Phi) is 4.87.